The molecule has 0 heterocycles. The molecule has 5 heteroatoms. The van der Waals surface area contributed by atoms with Crippen LogP contribution in [0.4, 0.5) is 0 Å². The molecule has 0 atom stereocenters. The van der Waals surface area contributed by atoms with Gasteiger partial charge in [-0.3, -0.25) is 9.69 Å². The van der Waals surface area contributed by atoms with Gasteiger partial charge in [-0.2, -0.15) is 0 Å². The minimum atomic E-state index is -0.763. The molecule has 0 unspecified atom stereocenters. The van der Waals surface area contributed by atoms with Crippen LogP contribution in [0.5, 0.6) is 5.75 Å². The number of benzene rings is 1. The fraction of sp³-hybridized carbons (Fsp3) is 0.462. The Morgan fingerprint density at radius 1 is 1.44 bits per heavy atom. The van der Waals surface area contributed by atoms with E-state index < -0.39 is 5.97 Å². The third-order valence-corrected chi connectivity index (χ3v) is 3.05. The molecule has 0 saturated carbocycles. The summed E-state index contributed by atoms with van der Waals surface area (Å²) in [5, 5.41) is 8.63. The summed E-state index contributed by atoms with van der Waals surface area (Å²) in [6, 6.07) is 7.67. The second kappa shape index (κ2) is 8.11. The minimum absolute atomic E-state index is 0.171. The number of nitrogens with zero attached hydrogens (tertiary/aromatic N) is 1. The Bertz CT molecular complexity index is 384. The second-order valence-corrected chi connectivity index (χ2v) is 4.80. The van der Waals surface area contributed by atoms with Crippen LogP contribution in [0.15, 0.2) is 28.7 Å². The number of ether oxygens (including phenoxy) is 1. The normalized spacial score (nSPS) is 10.6. The summed E-state index contributed by atoms with van der Waals surface area (Å²) in [6.07, 6.45) is 0.171. The van der Waals surface area contributed by atoms with Crippen molar-refractivity contribution < 1.29 is 14.6 Å². The number of carboxylic acids is 1. The first kappa shape index (κ1) is 15.0. The Hall–Kier alpha value is -1.07. The highest BCUT2D eigenvalue weighted by Gasteiger charge is 2.05. The second-order valence-electron chi connectivity index (χ2n) is 3.88. The SMILES string of the molecule is CCN(CCOc1cccc(Br)c1)CCC(=O)O. The molecule has 1 rings (SSSR count). The van der Waals surface area contributed by atoms with Crippen LogP contribution in [0.2, 0.25) is 0 Å². The Balaban J connectivity index is 2.28. The molecule has 0 spiro atoms. The highest BCUT2D eigenvalue weighted by atomic mass is 79.9. The standard InChI is InChI=1S/C13H18BrNO3/c1-2-15(7-6-13(16)17)8-9-18-12-5-3-4-11(14)10-12/h3-5,10H,2,6-9H2,1H3,(H,16,17). The van der Waals surface area contributed by atoms with Crippen LogP contribution in [-0.2, 0) is 4.79 Å². The Morgan fingerprint density at radius 3 is 2.83 bits per heavy atom. The third kappa shape index (κ3) is 6.02. The summed E-state index contributed by atoms with van der Waals surface area (Å²) in [7, 11) is 0. The summed E-state index contributed by atoms with van der Waals surface area (Å²) in [5.74, 6) is 0.0556. The number of rotatable bonds is 8. The van der Waals surface area contributed by atoms with Gasteiger partial charge in [-0.05, 0) is 24.7 Å². The molecule has 0 radical (unpaired) electrons. The van der Waals surface area contributed by atoms with E-state index in [4.69, 9.17) is 9.84 Å². The molecule has 0 aliphatic carbocycles. The summed E-state index contributed by atoms with van der Waals surface area (Å²) in [6.45, 7) is 4.70. The fourth-order valence-electron chi connectivity index (χ4n) is 1.53. The van der Waals surface area contributed by atoms with Gasteiger partial charge in [-0.1, -0.05) is 28.9 Å². The van der Waals surface area contributed by atoms with Crippen molar-refractivity contribution in [2.24, 2.45) is 0 Å². The van der Waals surface area contributed by atoms with Crippen molar-refractivity contribution in [1.82, 2.24) is 4.90 Å². The van der Waals surface area contributed by atoms with Crippen LogP contribution < -0.4 is 4.74 Å². The molecule has 0 aliphatic rings. The summed E-state index contributed by atoms with van der Waals surface area (Å²) < 4.78 is 6.59. The van der Waals surface area contributed by atoms with Crippen molar-refractivity contribution in [2.45, 2.75) is 13.3 Å². The van der Waals surface area contributed by atoms with Gasteiger partial charge in [0.15, 0.2) is 0 Å². The fourth-order valence-corrected chi connectivity index (χ4v) is 1.91. The first-order valence-electron chi connectivity index (χ1n) is 5.94. The summed E-state index contributed by atoms with van der Waals surface area (Å²) >= 11 is 3.38. The van der Waals surface area contributed by atoms with Gasteiger partial charge >= 0.3 is 5.97 Å². The first-order valence-corrected chi connectivity index (χ1v) is 6.73. The van der Waals surface area contributed by atoms with Gasteiger partial charge in [0.05, 0.1) is 6.42 Å². The number of carboxylic acid groups (broad SMARTS) is 1. The maximum Gasteiger partial charge on any atom is 0.304 e. The minimum Gasteiger partial charge on any atom is -0.492 e. The zero-order valence-corrected chi connectivity index (χ0v) is 12.0. The van der Waals surface area contributed by atoms with Crippen molar-refractivity contribution in [1.29, 1.82) is 0 Å². The topological polar surface area (TPSA) is 49.8 Å². The van der Waals surface area contributed by atoms with Crippen molar-refractivity contribution in [3.05, 3.63) is 28.7 Å². The van der Waals surface area contributed by atoms with E-state index in [1.807, 2.05) is 31.2 Å². The van der Waals surface area contributed by atoms with E-state index in [2.05, 4.69) is 20.8 Å². The van der Waals surface area contributed by atoms with E-state index in [0.29, 0.717) is 13.2 Å². The van der Waals surface area contributed by atoms with Crippen LogP contribution in [0.3, 0.4) is 0 Å². The van der Waals surface area contributed by atoms with Crippen molar-refractivity contribution >= 4 is 21.9 Å². The molecule has 1 N–H and O–H groups in total. The van der Waals surface area contributed by atoms with Crippen LogP contribution in [0, 0.1) is 0 Å². The summed E-state index contributed by atoms with van der Waals surface area (Å²) in [5.41, 5.74) is 0. The zero-order valence-electron chi connectivity index (χ0n) is 10.4. The Morgan fingerprint density at radius 2 is 2.22 bits per heavy atom. The first-order chi connectivity index (χ1) is 8.61. The van der Waals surface area contributed by atoms with Crippen molar-refractivity contribution in [3.8, 4) is 5.75 Å². The number of hydrogen-bond acceptors (Lipinski definition) is 3. The van der Waals surface area contributed by atoms with Crippen molar-refractivity contribution in [3.63, 3.8) is 0 Å². The Labute approximate surface area is 116 Å². The molecule has 0 aromatic heterocycles. The van der Waals surface area contributed by atoms with Crippen LogP contribution in [0.1, 0.15) is 13.3 Å². The van der Waals surface area contributed by atoms with Crippen molar-refractivity contribution in [2.75, 3.05) is 26.2 Å². The average Bonchev–Trinajstić information content (AvgIpc) is 2.33. The quantitative estimate of drug-likeness (QED) is 0.801. The molecular weight excluding hydrogens is 298 g/mol. The van der Waals surface area contributed by atoms with Gasteiger partial charge in [-0.25, -0.2) is 0 Å². The smallest absolute Gasteiger partial charge is 0.304 e. The lowest BCUT2D eigenvalue weighted by molar-refractivity contribution is -0.137. The molecule has 0 aliphatic heterocycles. The highest BCUT2D eigenvalue weighted by Crippen LogP contribution is 2.17. The van der Waals surface area contributed by atoms with Crippen LogP contribution in [0.25, 0.3) is 0 Å². The number of carbonyl (C=O) groups is 1. The van der Waals surface area contributed by atoms with E-state index in [9.17, 15) is 4.79 Å². The molecular formula is C13H18BrNO3. The molecule has 0 saturated heterocycles. The van der Waals surface area contributed by atoms with Gasteiger partial charge < -0.3 is 9.84 Å². The van der Waals surface area contributed by atoms with E-state index >= 15 is 0 Å². The lowest BCUT2D eigenvalue weighted by Gasteiger charge is -2.19. The number of aliphatic carboxylic acids is 1. The van der Waals surface area contributed by atoms with Gasteiger partial charge in [0.2, 0.25) is 0 Å². The van der Waals surface area contributed by atoms with Crippen LogP contribution in [-0.4, -0.2) is 42.2 Å². The maximum absolute atomic E-state index is 10.5. The molecule has 18 heavy (non-hydrogen) atoms. The van der Waals surface area contributed by atoms with Crippen LogP contribution >= 0.6 is 15.9 Å². The van der Waals surface area contributed by atoms with E-state index in [-0.39, 0.29) is 6.42 Å². The molecule has 1 aromatic carbocycles. The van der Waals surface area contributed by atoms with E-state index in [1.54, 1.807) is 0 Å². The molecule has 4 nitrogen and oxygen atoms in total. The van der Waals surface area contributed by atoms with E-state index in [0.717, 1.165) is 23.3 Å². The Kier molecular flexibility index (Phi) is 6.75. The third-order valence-electron chi connectivity index (χ3n) is 2.56. The zero-order chi connectivity index (χ0) is 13.4. The number of hydrogen-bond donors (Lipinski definition) is 1. The lowest BCUT2D eigenvalue weighted by Crippen LogP contribution is -2.30. The number of likely N-dealkylation sites (N-methyl/N-ethyl adjacent to an activating group) is 1. The highest BCUT2D eigenvalue weighted by molar-refractivity contribution is 9.10. The largest absolute Gasteiger partial charge is 0.492 e. The summed E-state index contributed by atoms with van der Waals surface area (Å²) in [4.78, 5) is 12.6. The molecule has 100 valence electrons. The molecule has 0 fully saturated rings. The molecule has 0 bridgehead atoms. The monoisotopic (exact) mass is 315 g/mol. The van der Waals surface area contributed by atoms with E-state index in [1.165, 1.54) is 0 Å². The molecule has 1 aromatic rings. The average molecular weight is 316 g/mol. The van der Waals surface area contributed by atoms with Gasteiger partial charge in [0, 0.05) is 17.6 Å². The predicted molar refractivity (Wildman–Crippen MR) is 74.0 cm³/mol. The maximum atomic E-state index is 10.5. The predicted octanol–water partition coefficient (Wildman–Crippen LogP) is 2.62. The van der Waals surface area contributed by atoms with Gasteiger partial charge in [0.1, 0.15) is 12.4 Å². The molecule has 0 amide bonds. The van der Waals surface area contributed by atoms with Gasteiger partial charge in [0.25, 0.3) is 0 Å². The lowest BCUT2D eigenvalue weighted by atomic mass is 10.3. The van der Waals surface area contributed by atoms with Gasteiger partial charge in [-0.15, -0.1) is 0 Å². The number of halogens is 1.